The van der Waals surface area contributed by atoms with Gasteiger partial charge in [0.25, 0.3) is 5.91 Å². The van der Waals surface area contributed by atoms with Crippen LogP contribution in [0.4, 0.5) is 4.79 Å². The lowest BCUT2D eigenvalue weighted by Crippen LogP contribution is -2.53. The third-order valence-electron chi connectivity index (χ3n) is 3.58. The molecule has 0 saturated carbocycles. The van der Waals surface area contributed by atoms with E-state index in [9.17, 15) is 9.59 Å². The molecule has 19 heavy (non-hydrogen) atoms. The summed E-state index contributed by atoms with van der Waals surface area (Å²) in [5, 5.41) is 9.47. The van der Waals surface area contributed by atoms with Crippen molar-refractivity contribution in [1.82, 2.24) is 30.3 Å². The van der Waals surface area contributed by atoms with Crippen LogP contribution in [0.15, 0.2) is 0 Å². The minimum atomic E-state index is -0.171. The van der Waals surface area contributed by atoms with E-state index in [4.69, 9.17) is 0 Å². The highest BCUT2D eigenvalue weighted by Gasteiger charge is 2.37. The fourth-order valence-electron chi connectivity index (χ4n) is 2.48. The maximum atomic E-state index is 12.3. The molecule has 3 amide bonds. The van der Waals surface area contributed by atoms with Crippen LogP contribution >= 0.6 is 0 Å². The summed E-state index contributed by atoms with van der Waals surface area (Å²) in [4.78, 5) is 31.4. The van der Waals surface area contributed by atoms with Crippen molar-refractivity contribution in [3.05, 3.63) is 11.6 Å². The first-order chi connectivity index (χ1) is 9.19. The number of nitrogens with zero attached hydrogens (tertiary/aromatic N) is 4. The molecule has 0 aliphatic carbocycles. The van der Waals surface area contributed by atoms with E-state index in [-0.39, 0.29) is 23.8 Å². The molecule has 3 rings (SSSR count). The number of aromatic nitrogens is 3. The fourth-order valence-corrected chi connectivity index (χ4v) is 2.48. The largest absolute Gasteiger partial charge is 0.336 e. The Labute approximate surface area is 110 Å². The lowest BCUT2D eigenvalue weighted by atomic mass is 10.2. The number of nitrogens with one attached hydrogen (secondary N) is 2. The van der Waals surface area contributed by atoms with E-state index < -0.39 is 0 Å². The molecule has 2 aliphatic rings. The van der Waals surface area contributed by atoms with Gasteiger partial charge in [-0.3, -0.25) is 9.89 Å². The molecule has 1 unspecified atom stereocenters. The van der Waals surface area contributed by atoms with Gasteiger partial charge in [0.2, 0.25) is 5.82 Å². The van der Waals surface area contributed by atoms with Gasteiger partial charge >= 0.3 is 6.03 Å². The van der Waals surface area contributed by atoms with Gasteiger partial charge in [-0.1, -0.05) is 6.92 Å². The van der Waals surface area contributed by atoms with E-state index in [2.05, 4.69) is 20.5 Å². The van der Waals surface area contributed by atoms with Crippen LogP contribution in [0.5, 0.6) is 0 Å². The number of carbonyl (C=O) groups excluding carboxylic acids is 2. The normalized spacial score (nSPS) is 22.4. The Balaban J connectivity index is 1.70. The number of aryl methyl sites for hydroxylation is 1. The van der Waals surface area contributed by atoms with E-state index in [1.165, 1.54) is 0 Å². The first-order valence-electron chi connectivity index (χ1n) is 6.44. The summed E-state index contributed by atoms with van der Waals surface area (Å²) in [6, 6.07) is 0.0260. The molecule has 2 fully saturated rings. The van der Waals surface area contributed by atoms with Crippen molar-refractivity contribution < 1.29 is 9.59 Å². The maximum absolute atomic E-state index is 12.3. The molecule has 8 heteroatoms. The second kappa shape index (κ2) is 4.52. The van der Waals surface area contributed by atoms with Crippen molar-refractivity contribution in [2.75, 3.05) is 26.2 Å². The third-order valence-corrected chi connectivity index (χ3v) is 3.58. The van der Waals surface area contributed by atoms with Gasteiger partial charge in [-0.05, 0) is 0 Å². The number of rotatable bonds is 2. The van der Waals surface area contributed by atoms with Gasteiger partial charge in [-0.25, -0.2) is 9.78 Å². The average Bonchev–Trinajstić information content (AvgIpc) is 3.05. The minimum absolute atomic E-state index is 0.0386. The zero-order valence-electron chi connectivity index (χ0n) is 10.7. The Morgan fingerprint density at radius 3 is 3.05 bits per heavy atom. The Morgan fingerprint density at radius 1 is 1.47 bits per heavy atom. The number of amides is 3. The Bertz CT molecular complexity index is 513. The lowest BCUT2D eigenvalue weighted by molar-refractivity contribution is 0.0605. The van der Waals surface area contributed by atoms with Gasteiger partial charge in [0.1, 0.15) is 5.82 Å². The van der Waals surface area contributed by atoms with Gasteiger partial charge in [0.05, 0.1) is 6.04 Å². The van der Waals surface area contributed by atoms with Gasteiger partial charge in [0, 0.05) is 32.6 Å². The third kappa shape index (κ3) is 2.02. The molecule has 2 aliphatic heterocycles. The first-order valence-corrected chi connectivity index (χ1v) is 6.44. The molecule has 0 aromatic carbocycles. The topological polar surface area (TPSA) is 94.2 Å². The van der Waals surface area contributed by atoms with Crippen molar-refractivity contribution in [3.63, 3.8) is 0 Å². The predicted octanol–water partition coefficient (Wildman–Crippen LogP) is -0.783. The molecule has 0 radical (unpaired) electrons. The molecule has 1 atom stereocenters. The van der Waals surface area contributed by atoms with E-state index in [1.54, 1.807) is 9.80 Å². The molecule has 1 aromatic heterocycles. The van der Waals surface area contributed by atoms with Crippen LogP contribution < -0.4 is 5.32 Å². The van der Waals surface area contributed by atoms with Crippen LogP contribution in [0.3, 0.4) is 0 Å². The van der Waals surface area contributed by atoms with Crippen molar-refractivity contribution in [1.29, 1.82) is 0 Å². The summed E-state index contributed by atoms with van der Waals surface area (Å²) in [7, 11) is 0. The Morgan fingerprint density at radius 2 is 2.32 bits per heavy atom. The number of hydrogen-bond acceptors (Lipinski definition) is 4. The van der Waals surface area contributed by atoms with Gasteiger partial charge < -0.3 is 15.1 Å². The summed E-state index contributed by atoms with van der Waals surface area (Å²) < 4.78 is 0. The molecule has 102 valence electrons. The molecule has 2 N–H and O–H groups in total. The summed E-state index contributed by atoms with van der Waals surface area (Å²) in [5.74, 6) is 0.747. The standard InChI is InChI=1S/C11H16N6O2/c1-2-8-13-9(15-14-8)10(18)16-3-4-17-7(6-16)5-12-11(17)19/h7H,2-6H2,1H3,(H,12,19)(H,13,14,15). The molecular formula is C11H16N6O2. The molecule has 1 aromatic rings. The number of fused-ring (bicyclic) bond motifs is 1. The summed E-state index contributed by atoms with van der Waals surface area (Å²) >= 11 is 0. The van der Waals surface area contributed by atoms with Crippen molar-refractivity contribution in [2.24, 2.45) is 0 Å². The van der Waals surface area contributed by atoms with Crippen LogP contribution in [0.25, 0.3) is 0 Å². The van der Waals surface area contributed by atoms with Crippen LogP contribution in [0.1, 0.15) is 23.4 Å². The van der Waals surface area contributed by atoms with Gasteiger partial charge in [-0.2, -0.15) is 0 Å². The van der Waals surface area contributed by atoms with E-state index >= 15 is 0 Å². The van der Waals surface area contributed by atoms with E-state index in [1.807, 2.05) is 6.92 Å². The van der Waals surface area contributed by atoms with Crippen molar-refractivity contribution >= 4 is 11.9 Å². The molecule has 0 spiro atoms. The highest BCUT2D eigenvalue weighted by atomic mass is 16.2. The van der Waals surface area contributed by atoms with Crippen LogP contribution in [0.2, 0.25) is 0 Å². The number of hydrogen-bond donors (Lipinski definition) is 2. The first kappa shape index (κ1) is 11.9. The summed E-state index contributed by atoms with van der Waals surface area (Å²) in [6.45, 7) is 4.17. The zero-order chi connectivity index (χ0) is 13.4. The quantitative estimate of drug-likeness (QED) is 0.732. The maximum Gasteiger partial charge on any atom is 0.317 e. The van der Waals surface area contributed by atoms with Crippen molar-refractivity contribution in [3.8, 4) is 0 Å². The van der Waals surface area contributed by atoms with Crippen LogP contribution in [-0.2, 0) is 6.42 Å². The predicted molar refractivity (Wildman–Crippen MR) is 65.6 cm³/mol. The van der Waals surface area contributed by atoms with Gasteiger partial charge in [0.15, 0.2) is 0 Å². The minimum Gasteiger partial charge on any atom is -0.336 e. The van der Waals surface area contributed by atoms with Gasteiger partial charge in [-0.15, -0.1) is 5.10 Å². The van der Waals surface area contributed by atoms with E-state index in [0.717, 1.165) is 6.42 Å². The summed E-state index contributed by atoms with van der Waals surface area (Å²) in [6.07, 6.45) is 0.717. The van der Waals surface area contributed by atoms with Crippen molar-refractivity contribution in [2.45, 2.75) is 19.4 Å². The van der Waals surface area contributed by atoms with Crippen LogP contribution in [0, 0.1) is 0 Å². The highest BCUT2D eigenvalue weighted by Crippen LogP contribution is 2.15. The number of urea groups is 1. The monoisotopic (exact) mass is 264 g/mol. The SMILES string of the molecule is CCc1nc(C(=O)N2CCN3C(=O)NCC3C2)n[nH]1. The molecule has 3 heterocycles. The fraction of sp³-hybridized carbons (Fsp3) is 0.636. The smallest absolute Gasteiger partial charge is 0.317 e. The number of carbonyl (C=O) groups is 2. The molecule has 2 saturated heterocycles. The number of H-pyrrole nitrogens is 1. The van der Waals surface area contributed by atoms with E-state index in [0.29, 0.717) is 32.0 Å². The number of aromatic amines is 1. The number of piperazine rings is 1. The summed E-state index contributed by atoms with van der Waals surface area (Å²) in [5.41, 5.74) is 0. The lowest BCUT2D eigenvalue weighted by Gasteiger charge is -2.35. The van der Waals surface area contributed by atoms with Crippen LogP contribution in [-0.4, -0.2) is 69.1 Å². The zero-order valence-corrected chi connectivity index (χ0v) is 10.7. The second-order valence-electron chi connectivity index (χ2n) is 4.74. The molecule has 8 nitrogen and oxygen atoms in total. The molecular weight excluding hydrogens is 248 g/mol. The highest BCUT2D eigenvalue weighted by molar-refractivity contribution is 5.90. The second-order valence-corrected chi connectivity index (χ2v) is 4.74. The Hall–Kier alpha value is -2.12. The Kier molecular flexibility index (Phi) is 2.84. The molecule has 0 bridgehead atoms. The average molecular weight is 264 g/mol.